The zero-order valence-electron chi connectivity index (χ0n) is 12.4. The second-order valence-corrected chi connectivity index (χ2v) is 5.54. The number of halogens is 1. The van der Waals surface area contributed by atoms with Crippen LogP contribution in [0.1, 0.15) is 18.1 Å². The Kier molecular flexibility index (Phi) is 6.08. The average Bonchev–Trinajstić information content (AvgIpc) is 2.52. The lowest BCUT2D eigenvalue weighted by atomic mass is 10.2. The summed E-state index contributed by atoms with van der Waals surface area (Å²) in [6.45, 7) is 4.51. The summed E-state index contributed by atoms with van der Waals surface area (Å²) in [7, 11) is 1.66. The molecule has 0 radical (unpaired) electrons. The van der Waals surface area contributed by atoms with E-state index in [1.807, 2.05) is 30.3 Å². The van der Waals surface area contributed by atoms with Crippen molar-refractivity contribution in [2.45, 2.75) is 20.1 Å². The van der Waals surface area contributed by atoms with Gasteiger partial charge in [0, 0.05) is 6.54 Å². The van der Waals surface area contributed by atoms with Gasteiger partial charge in [0.15, 0.2) is 0 Å². The van der Waals surface area contributed by atoms with E-state index in [1.165, 1.54) is 5.56 Å². The van der Waals surface area contributed by atoms with E-state index in [2.05, 4.69) is 40.3 Å². The maximum atomic E-state index is 5.80. The molecule has 2 rings (SSSR count). The fraction of sp³-hybridized carbons (Fsp3) is 0.294. The third-order valence-corrected chi connectivity index (χ3v) is 3.74. The lowest BCUT2D eigenvalue weighted by Crippen LogP contribution is -2.11. The van der Waals surface area contributed by atoms with Crippen LogP contribution in [0.5, 0.6) is 11.5 Å². The van der Waals surface area contributed by atoms with Gasteiger partial charge in [-0.15, -0.1) is 0 Å². The molecule has 1 N–H and O–H groups in total. The molecule has 0 heterocycles. The molecule has 0 fully saturated rings. The highest BCUT2D eigenvalue weighted by Crippen LogP contribution is 2.26. The standard InChI is InChI=1S/C17H20BrNO2/c1-3-19-11-13-4-7-15(8-5-13)21-12-14-6-9-17(20-2)16(18)10-14/h4-10,19H,3,11-12H2,1-2H3. The number of ether oxygens (including phenoxy) is 2. The first-order valence-electron chi connectivity index (χ1n) is 6.97. The molecule has 21 heavy (non-hydrogen) atoms. The number of nitrogens with one attached hydrogen (secondary N) is 1. The van der Waals surface area contributed by atoms with E-state index < -0.39 is 0 Å². The largest absolute Gasteiger partial charge is 0.496 e. The van der Waals surface area contributed by atoms with E-state index in [-0.39, 0.29) is 0 Å². The Morgan fingerprint density at radius 1 is 1.05 bits per heavy atom. The molecular formula is C17H20BrNO2. The zero-order chi connectivity index (χ0) is 15.1. The van der Waals surface area contributed by atoms with E-state index in [0.717, 1.165) is 34.6 Å². The second-order valence-electron chi connectivity index (χ2n) is 4.68. The van der Waals surface area contributed by atoms with Gasteiger partial charge in [0.1, 0.15) is 18.1 Å². The molecule has 0 aliphatic carbocycles. The van der Waals surface area contributed by atoms with Crippen molar-refractivity contribution < 1.29 is 9.47 Å². The van der Waals surface area contributed by atoms with Gasteiger partial charge in [0.2, 0.25) is 0 Å². The average molecular weight is 350 g/mol. The monoisotopic (exact) mass is 349 g/mol. The summed E-state index contributed by atoms with van der Waals surface area (Å²) in [6, 6.07) is 14.1. The van der Waals surface area contributed by atoms with Crippen molar-refractivity contribution in [2.24, 2.45) is 0 Å². The summed E-state index contributed by atoms with van der Waals surface area (Å²) in [5, 5.41) is 3.30. The van der Waals surface area contributed by atoms with Crippen molar-refractivity contribution in [3.05, 3.63) is 58.1 Å². The van der Waals surface area contributed by atoms with Gasteiger partial charge in [-0.3, -0.25) is 0 Å². The molecule has 0 aromatic heterocycles. The van der Waals surface area contributed by atoms with E-state index in [9.17, 15) is 0 Å². The quantitative estimate of drug-likeness (QED) is 0.814. The maximum Gasteiger partial charge on any atom is 0.133 e. The van der Waals surface area contributed by atoms with Crippen LogP contribution in [0.3, 0.4) is 0 Å². The number of benzene rings is 2. The molecule has 112 valence electrons. The molecule has 0 saturated carbocycles. The molecule has 0 unspecified atom stereocenters. The minimum atomic E-state index is 0.537. The molecule has 3 nitrogen and oxygen atoms in total. The summed E-state index contributed by atoms with van der Waals surface area (Å²) in [4.78, 5) is 0. The summed E-state index contributed by atoms with van der Waals surface area (Å²) >= 11 is 3.48. The number of hydrogen-bond acceptors (Lipinski definition) is 3. The summed E-state index contributed by atoms with van der Waals surface area (Å²) < 4.78 is 11.9. The fourth-order valence-electron chi connectivity index (χ4n) is 1.94. The van der Waals surface area contributed by atoms with Crippen LogP contribution in [0.15, 0.2) is 46.9 Å². The predicted octanol–water partition coefficient (Wildman–Crippen LogP) is 4.15. The Labute approximate surface area is 134 Å². The molecule has 2 aromatic carbocycles. The van der Waals surface area contributed by atoms with Crippen LogP contribution in [-0.2, 0) is 13.2 Å². The first kappa shape index (κ1) is 15.9. The SMILES string of the molecule is CCNCc1ccc(OCc2ccc(OC)c(Br)c2)cc1. The molecular weight excluding hydrogens is 330 g/mol. The molecule has 0 saturated heterocycles. The highest BCUT2D eigenvalue weighted by atomic mass is 79.9. The van der Waals surface area contributed by atoms with Crippen LogP contribution in [0, 0.1) is 0 Å². The van der Waals surface area contributed by atoms with E-state index in [4.69, 9.17) is 9.47 Å². The van der Waals surface area contributed by atoms with Gasteiger partial charge >= 0.3 is 0 Å². The van der Waals surface area contributed by atoms with Gasteiger partial charge in [-0.1, -0.05) is 25.1 Å². The first-order valence-corrected chi connectivity index (χ1v) is 7.77. The Balaban J connectivity index is 1.92. The van der Waals surface area contributed by atoms with Gasteiger partial charge in [-0.2, -0.15) is 0 Å². The number of rotatable bonds is 7. The summed E-state index contributed by atoms with van der Waals surface area (Å²) in [6.07, 6.45) is 0. The van der Waals surface area contributed by atoms with Gasteiger partial charge in [0.05, 0.1) is 11.6 Å². The van der Waals surface area contributed by atoms with Gasteiger partial charge in [-0.25, -0.2) is 0 Å². The smallest absolute Gasteiger partial charge is 0.133 e. The van der Waals surface area contributed by atoms with Crippen LogP contribution in [0.25, 0.3) is 0 Å². The van der Waals surface area contributed by atoms with Crippen molar-refractivity contribution in [1.82, 2.24) is 5.32 Å². The van der Waals surface area contributed by atoms with Gasteiger partial charge < -0.3 is 14.8 Å². The van der Waals surface area contributed by atoms with Crippen molar-refractivity contribution in [2.75, 3.05) is 13.7 Å². The molecule has 0 atom stereocenters. The maximum absolute atomic E-state index is 5.80. The summed E-state index contributed by atoms with van der Waals surface area (Å²) in [5.41, 5.74) is 2.36. The second kappa shape index (κ2) is 8.05. The molecule has 0 bridgehead atoms. The lowest BCUT2D eigenvalue weighted by molar-refractivity contribution is 0.305. The molecule has 0 spiro atoms. The predicted molar refractivity (Wildman–Crippen MR) is 88.8 cm³/mol. The minimum absolute atomic E-state index is 0.537. The summed E-state index contributed by atoms with van der Waals surface area (Å²) in [5.74, 6) is 1.70. The van der Waals surface area contributed by atoms with Gasteiger partial charge in [-0.05, 0) is 57.9 Å². The first-order chi connectivity index (χ1) is 10.2. The highest BCUT2D eigenvalue weighted by molar-refractivity contribution is 9.10. The highest BCUT2D eigenvalue weighted by Gasteiger charge is 2.02. The number of hydrogen-bond donors (Lipinski definition) is 1. The van der Waals surface area contributed by atoms with Crippen LogP contribution in [-0.4, -0.2) is 13.7 Å². The van der Waals surface area contributed by atoms with Crippen molar-refractivity contribution in [3.8, 4) is 11.5 Å². The zero-order valence-corrected chi connectivity index (χ0v) is 13.9. The Morgan fingerprint density at radius 3 is 2.38 bits per heavy atom. The van der Waals surface area contributed by atoms with Crippen molar-refractivity contribution >= 4 is 15.9 Å². The Morgan fingerprint density at radius 2 is 1.76 bits per heavy atom. The molecule has 4 heteroatoms. The normalized spacial score (nSPS) is 10.4. The minimum Gasteiger partial charge on any atom is -0.496 e. The topological polar surface area (TPSA) is 30.5 Å². The van der Waals surface area contributed by atoms with E-state index >= 15 is 0 Å². The van der Waals surface area contributed by atoms with Crippen molar-refractivity contribution in [3.63, 3.8) is 0 Å². The van der Waals surface area contributed by atoms with Gasteiger partial charge in [0.25, 0.3) is 0 Å². The fourth-order valence-corrected chi connectivity index (χ4v) is 2.53. The lowest BCUT2D eigenvalue weighted by Gasteiger charge is -2.09. The van der Waals surface area contributed by atoms with E-state index in [0.29, 0.717) is 6.61 Å². The van der Waals surface area contributed by atoms with Crippen LogP contribution >= 0.6 is 15.9 Å². The van der Waals surface area contributed by atoms with E-state index in [1.54, 1.807) is 7.11 Å². The molecule has 2 aromatic rings. The van der Waals surface area contributed by atoms with Crippen LogP contribution in [0.2, 0.25) is 0 Å². The van der Waals surface area contributed by atoms with Crippen LogP contribution < -0.4 is 14.8 Å². The Hall–Kier alpha value is -1.52. The molecule has 0 aliphatic rings. The third kappa shape index (κ3) is 4.76. The van der Waals surface area contributed by atoms with Crippen molar-refractivity contribution in [1.29, 1.82) is 0 Å². The number of methoxy groups -OCH3 is 1. The Bertz CT molecular complexity index is 570. The van der Waals surface area contributed by atoms with Crippen LogP contribution in [0.4, 0.5) is 0 Å². The third-order valence-electron chi connectivity index (χ3n) is 3.12. The molecule has 0 amide bonds. The molecule has 0 aliphatic heterocycles.